The molecule has 1 amide bonds. The number of imidazole rings is 1. The Hall–Kier alpha value is -3.24. The summed E-state index contributed by atoms with van der Waals surface area (Å²) in [7, 11) is 0. The molecule has 2 aromatic heterocycles. The van der Waals surface area contributed by atoms with Gasteiger partial charge in [-0.1, -0.05) is 12.1 Å². The van der Waals surface area contributed by atoms with Crippen LogP contribution >= 0.6 is 27.3 Å². The summed E-state index contributed by atoms with van der Waals surface area (Å²) in [5, 5.41) is 3.30. The number of aromatic nitrogens is 3. The molecule has 0 radical (unpaired) electrons. The van der Waals surface area contributed by atoms with Gasteiger partial charge >= 0.3 is 11.7 Å². The van der Waals surface area contributed by atoms with E-state index in [9.17, 15) is 14.4 Å². The molecule has 0 saturated carbocycles. The molecule has 0 unspecified atom stereocenters. The van der Waals surface area contributed by atoms with E-state index < -0.39 is 18.5 Å². The van der Waals surface area contributed by atoms with Gasteiger partial charge in [0.25, 0.3) is 5.91 Å². The number of carbonyl (C=O) groups excluding carboxylic acids is 2. The summed E-state index contributed by atoms with van der Waals surface area (Å²) in [5.41, 5.74) is 2.11. The standard InChI is InChI=1S/C19H13BrN4O4S/c20-10-7-13-14(24-19(27)23-13)8-12(10)21-16(25)9-28-18(26)6-5-17-22-11-3-1-2-4-15(11)29-17/h1-8H,9H2,(H,21,25)(H2,23,24,27)/b6-5+. The number of fused-ring (bicyclic) bond motifs is 2. The summed E-state index contributed by atoms with van der Waals surface area (Å²) in [5.74, 6) is -1.16. The van der Waals surface area contributed by atoms with Crippen LogP contribution in [0, 0.1) is 0 Å². The Bertz CT molecular complexity index is 1290. The van der Waals surface area contributed by atoms with Gasteiger partial charge in [0.1, 0.15) is 5.01 Å². The lowest BCUT2D eigenvalue weighted by Gasteiger charge is -2.07. The minimum absolute atomic E-state index is 0.343. The van der Waals surface area contributed by atoms with Crippen LogP contribution in [-0.4, -0.2) is 33.4 Å². The van der Waals surface area contributed by atoms with Crippen molar-refractivity contribution in [2.45, 2.75) is 0 Å². The number of para-hydroxylation sites is 1. The molecule has 0 spiro atoms. The van der Waals surface area contributed by atoms with Gasteiger partial charge in [0.05, 0.1) is 26.9 Å². The van der Waals surface area contributed by atoms with E-state index in [0.29, 0.717) is 26.2 Å². The summed E-state index contributed by atoms with van der Waals surface area (Å²) in [4.78, 5) is 44.9. The highest BCUT2D eigenvalue weighted by atomic mass is 79.9. The molecular formula is C19H13BrN4O4S. The highest BCUT2D eigenvalue weighted by Crippen LogP contribution is 2.26. The molecule has 0 atom stereocenters. The zero-order valence-corrected chi connectivity index (χ0v) is 17.1. The molecule has 8 nitrogen and oxygen atoms in total. The molecule has 0 fully saturated rings. The van der Waals surface area contributed by atoms with Crippen molar-refractivity contribution in [2.75, 3.05) is 11.9 Å². The van der Waals surface area contributed by atoms with Crippen LogP contribution in [0.2, 0.25) is 0 Å². The molecule has 3 N–H and O–H groups in total. The van der Waals surface area contributed by atoms with Gasteiger partial charge in [-0.05, 0) is 46.3 Å². The van der Waals surface area contributed by atoms with E-state index in [1.165, 1.54) is 17.4 Å². The molecule has 0 saturated heterocycles. The van der Waals surface area contributed by atoms with Crippen molar-refractivity contribution in [1.29, 1.82) is 0 Å². The van der Waals surface area contributed by atoms with Crippen LogP contribution in [0.5, 0.6) is 0 Å². The highest BCUT2D eigenvalue weighted by molar-refractivity contribution is 9.10. The van der Waals surface area contributed by atoms with E-state index in [1.54, 1.807) is 18.2 Å². The molecule has 2 aromatic carbocycles. The number of nitrogens with one attached hydrogen (secondary N) is 3. The normalized spacial score (nSPS) is 11.3. The summed E-state index contributed by atoms with van der Waals surface area (Å²) in [6.45, 7) is -0.447. The quantitative estimate of drug-likeness (QED) is 0.303. The number of anilines is 1. The van der Waals surface area contributed by atoms with E-state index in [1.807, 2.05) is 24.3 Å². The lowest BCUT2D eigenvalue weighted by molar-refractivity contribution is -0.142. The SMILES string of the molecule is O=C(COC(=O)/C=C/c1nc2ccccc2s1)Nc1cc2[nH]c(=O)[nH]c2cc1Br. The summed E-state index contributed by atoms with van der Waals surface area (Å²) < 4.78 is 6.56. The van der Waals surface area contributed by atoms with Gasteiger partial charge in [0.2, 0.25) is 0 Å². The minimum Gasteiger partial charge on any atom is -0.452 e. The summed E-state index contributed by atoms with van der Waals surface area (Å²) >= 11 is 4.78. The first-order valence-corrected chi connectivity index (χ1v) is 10.0. The average Bonchev–Trinajstić information content (AvgIpc) is 3.26. The molecule has 10 heteroatoms. The fraction of sp³-hybridized carbons (Fsp3) is 0.0526. The van der Waals surface area contributed by atoms with Gasteiger partial charge in [-0.15, -0.1) is 11.3 Å². The van der Waals surface area contributed by atoms with Crippen molar-refractivity contribution in [3.8, 4) is 0 Å². The van der Waals surface area contributed by atoms with Crippen molar-refractivity contribution in [3.05, 3.63) is 62.4 Å². The number of thiazole rings is 1. The summed E-state index contributed by atoms with van der Waals surface area (Å²) in [6.07, 6.45) is 2.79. The molecule has 146 valence electrons. The summed E-state index contributed by atoms with van der Waals surface area (Å²) in [6, 6.07) is 10.9. The maximum atomic E-state index is 12.1. The lowest BCUT2D eigenvalue weighted by atomic mass is 10.2. The van der Waals surface area contributed by atoms with Gasteiger partial charge in [0, 0.05) is 10.5 Å². The Morgan fingerprint density at radius 1 is 1.21 bits per heavy atom. The molecule has 4 rings (SSSR count). The third kappa shape index (κ3) is 4.44. The van der Waals surface area contributed by atoms with E-state index in [4.69, 9.17) is 4.74 Å². The van der Waals surface area contributed by atoms with Gasteiger partial charge in [-0.3, -0.25) is 4.79 Å². The van der Waals surface area contributed by atoms with Crippen molar-refractivity contribution in [3.63, 3.8) is 0 Å². The zero-order chi connectivity index (χ0) is 20.4. The predicted octanol–water partition coefficient (Wildman–Crippen LogP) is 3.42. The Balaban J connectivity index is 1.34. The monoisotopic (exact) mass is 472 g/mol. The lowest BCUT2D eigenvalue weighted by Crippen LogP contribution is -2.20. The second-order valence-corrected chi connectivity index (χ2v) is 7.88. The number of aromatic amines is 2. The van der Waals surface area contributed by atoms with Crippen LogP contribution < -0.4 is 11.0 Å². The van der Waals surface area contributed by atoms with Gasteiger partial charge in [-0.25, -0.2) is 14.6 Å². The first-order chi connectivity index (χ1) is 14.0. The van der Waals surface area contributed by atoms with Gasteiger partial charge in [0.15, 0.2) is 6.61 Å². The second-order valence-electron chi connectivity index (χ2n) is 5.97. The number of rotatable bonds is 5. The van der Waals surface area contributed by atoms with Crippen molar-refractivity contribution in [1.82, 2.24) is 15.0 Å². The Morgan fingerprint density at radius 3 is 2.76 bits per heavy atom. The van der Waals surface area contributed by atoms with Crippen LogP contribution in [0.4, 0.5) is 5.69 Å². The molecular weight excluding hydrogens is 460 g/mol. The fourth-order valence-electron chi connectivity index (χ4n) is 2.62. The number of benzene rings is 2. The maximum Gasteiger partial charge on any atom is 0.331 e. The smallest absolute Gasteiger partial charge is 0.331 e. The Morgan fingerprint density at radius 2 is 1.97 bits per heavy atom. The van der Waals surface area contributed by atoms with Crippen LogP contribution in [0.3, 0.4) is 0 Å². The third-order valence-electron chi connectivity index (χ3n) is 3.90. The first kappa shape index (κ1) is 19.1. The number of hydrogen-bond acceptors (Lipinski definition) is 6. The van der Waals surface area contributed by atoms with E-state index in [2.05, 4.69) is 36.2 Å². The van der Waals surface area contributed by atoms with E-state index >= 15 is 0 Å². The molecule has 2 heterocycles. The second kappa shape index (κ2) is 8.02. The van der Waals surface area contributed by atoms with Crippen molar-refractivity contribution in [2.24, 2.45) is 0 Å². The minimum atomic E-state index is -0.649. The number of carbonyl (C=O) groups is 2. The fourth-order valence-corrected chi connectivity index (χ4v) is 3.94. The highest BCUT2D eigenvalue weighted by Gasteiger charge is 2.11. The van der Waals surface area contributed by atoms with Gasteiger partial charge < -0.3 is 20.0 Å². The van der Waals surface area contributed by atoms with Crippen molar-refractivity contribution >= 4 is 72.2 Å². The molecule has 0 bridgehead atoms. The molecule has 0 aliphatic carbocycles. The molecule has 29 heavy (non-hydrogen) atoms. The number of halogens is 1. The zero-order valence-electron chi connectivity index (χ0n) is 14.7. The topological polar surface area (TPSA) is 117 Å². The number of amides is 1. The van der Waals surface area contributed by atoms with E-state index in [0.717, 1.165) is 10.2 Å². The predicted molar refractivity (Wildman–Crippen MR) is 115 cm³/mol. The number of ether oxygens (including phenoxy) is 1. The third-order valence-corrected chi connectivity index (χ3v) is 5.55. The number of H-pyrrole nitrogens is 2. The first-order valence-electron chi connectivity index (χ1n) is 8.40. The molecule has 0 aliphatic rings. The van der Waals surface area contributed by atoms with Crippen LogP contribution in [0.25, 0.3) is 27.3 Å². The Labute approximate surface area is 175 Å². The number of nitrogens with zero attached hydrogens (tertiary/aromatic N) is 1. The number of esters is 1. The van der Waals surface area contributed by atoms with Gasteiger partial charge in [-0.2, -0.15) is 0 Å². The molecule has 4 aromatic rings. The molecule has 0 aliphatic heterocycles. The largest absolute Gasteiger partial charge is 0.452 e. The maximum absolute atomic E-state index is 12.1. The van der Waals surface area contributed by atoms with E-state index in [-0.39, 0.29) is 5.69 Å². The van der Waals surface area contributed by atoms with Crippen LogP contribution in [0.1, 0.15) is 5.01 Å². The van der Waals surface area contributed by atoms with Crippen molar-refractivity contribution < 1.29 is 14.3 Å². The average molecular weight is 473 g/mol. The number of hydrogen-bond donors (Lipinski definition) is 3. The Kier molecular flexibility index (Phi) is 5.28. The van der Waals surface area contributed by atoms with Crippen LogP contribution in [-0.2, 0) is 14.3 Å². The van der Waals surface area contributed by atoms with Crippen LogP contribution in [0.15, 0.2) is 51.7 Å².